The minimum Gasteiger partial charge on any atom is -0.507 e. The molecule has 1 aliphatic heterocycles. The van der Waals surface area contributed by atoms with Crippen LogP contribution in [0.15, 0.2) is 23.4 Å². The lowest BCUT2D eigenvalue weighted by Gasteiger charge is -2.37. The number of phenols is 1. The van der Waals surface area contributed by atoms with Crippen molar-refractivity contribution in [2.75, 3.05) is 13.7 Å². The number of esters is 1. The van der Waals surface area contributed by atoms with E-state index >= 15 is 0 Å². The molecule has 0 amide bonds. The summed E-state index contributed by atoms with van der Waals surface area (Å²) in [6.07, 6.45) is 0.912. The standard InChI is InChI=1S/C18H24N2O3S/c1-6-7-20-12(4)14(17(22)23-5)15(19-18(20)24)13-8-10(2)16(21)11(3)9-13/h8-9,15,21H,6-7H2,1-5H3,(H,19,24). The number of benzene rings is 1. The van der Waals surface area contributed by atoms with E-state index in [9.17, 15) is 9.90 Å². The summed E-state index contributed by atoms with van der Waals surface area (Å²) in [4.78, 5) is 14.3. The number of aryl methyl sites for hydroxylation is 2. The van der Waals surface area contributed by atoms with E-state index in [0.717, 1.165) is 35.4 Å². The normalized spacial score (nSPS) is 17.8. The van der Waals surface area contributed by atoms with Crippen molar-refractivity contribution < 1.29 is 14.6 Å². The van der Waals surface area contributed by atoms with Gasteiger partial charge in [0.15, 0.2) is 5.11 Å². The lowest BCUT2D eigenvalue weighted by atomic mass is 9.92. The molecule has 2 rings (SSSR count). The van der Waals surface area contributed by atoms with Gasteiger partial charge in [-0.3, -0.25) is 0 Å². The number of carbonyl (C=O) groups is 1. The lowest BCUT2D eigenvalue weighted by molar-refractivity contribution is -0.136. The van der Waals surface area contributed by atoms with Gasteiger partial charge in [0.25, 0.3) is 0 Å². The van der Waals surface area contributed by atoms with E-state index < -0.39 is 6.04 Å². The highest BCUT2D eigenvalue weighted by Gasteiger charge is 2.34. The number of aromatic hydroxyl groups is 1. The van der Waals surface area contributed by atoms with Crippen molar-refractivity contribution in [1.82, 2.24) is 10.2 Å². The van der Waals surface area contributed by atoms with Crippen LogP contribution in [0.25, 0.3) is 0 Å². The summed E-state index contributed by atoms with van der Waals surface area (Å²) in [5, 5.41) is 13.9. The molecule has 0 aliphatic carbocycles. The average molecular weight is 348 g/mol. The molecule has 0 bridgehead atoms. The third-order valence-electron chi connectivity index (χ3n) is 4.30. The van der Waals surface area contributed by atoms with Gasteiger partial charge in [0.2, 0.25) is 0 Å². The second-order valence-electron chi connectivity index (χ2n) is 6.03. The molecule has 2 N–H and O–H groups in total. The predicted octanol–water partition coefficient (Wildman–Crippen LogP) is 3.10. The third kappa shape index (κ3) is 3.24. The Morgan fingerprint density at radius 1 is 1.33 bits per heavy atom. The zero-order chi connectivity index (χ0) is 18.0. The molecule has 5 nitrogen and oxygen atoms in total. The number of ether oxygens (including phenoxy) is 1. The zero-order valence-corrected chi connectivity index (χ0v) is 15.6. The average Bonchev–Trinajstić information content (AvgIpc) is 2.54. The quantitative estimate of drug-likeness (QED) is 0.644. The Bertz CT molecular complexity index is 689. The molecule has 0 spiro atoms. The molecule has 0 saturated heterocycles. The van der Waals surface area contributed by atoms with Crippen molar-refractivity contribution in [3.05, 3.63) is 40.1 Å². The number of nitrogens with one attached hydrogen (secondary N) is 1. The van der Waals surface area contributed by atoms with Crippen molar-refractivity contribution in [2.45, 2.75) is 40.2 Å². The minimum absolute atomic E-state index is 0.269. The molecule has 130 valence electrons. The zero-order valence-electron chi connectivity index (χ0n) is 14.8. The first-order valence-electron chi connectivity index (χ1n) is 7.99. The third-order valence-corrected chi connectivity index (χ3v) is 4.63. The van der Waals surface area contributed by atoms with Crippen LogP contribution in [0.4, 0.5) is 0 Å². The fourth-order valence-corrected chi connectivity index (χ4v) is 3.40. The van der Waals surface area contributed by atoms with E-state index in [1.54, 1.807) is 0 Å². The van der Waals surface area contributed by atoms with Gasteiger partial charge >= 0.3 is 5.97 Å². The molecule has 0 saturated carbocycles. The van der Waals surface area contributed by atoms with Crippen LogP contribution in [0.5, 0.6) is 5.75 Å². The molecule has 1 unspecified atom stereocenters. The number of phenolic OH excluding ortho intramolecular Hbond substituents is 1. The van der Waals surface area contributed by atoms with Gasteiger partial charge in [-0.1, -0.05) is 6.92 Å². The Labute approximate surface area is 148 Å². The number of rotatable bonds is 4. The highest BCUT2D eigenvalue weighted by Crippen LogP contribution is 2.34. The van der Waals surface area contributed by atoms with Gasteiger partial charge in [-0.15, -0.1) is 0 Å². The monoisotopic (exact) mass is 348 g/mol. The molecule has 0 fully saturated rings. The molecule has 1 heterocycles. The lowest BCUT2D eigenvalue weighted by Crippen LogP contribution is -2.48. The molecule has 0 radical (unpaired) electrons. The van der Waals surface area contributed by atoms with Crippen molar-refractivity contribution in [2.24, 2.45) is 0 Å². The van der Waals surface area contributed by atoms with Crippen LogP contribution in [0.2, 0.25) is 0 Å². The number of hydrogen-bond acceptors (Lipinski definition) is 4. The largest absolute Gasteiger partial charge is 0.507 e. The number of allylic oxidation sites excluding steroid dienone is 1. The number of methoxy groups -OCH3 is 1. The van der Waals surface area contributed by atoms with Crippen LogP contribution < -0.4 is 5.32 Å². The Morgan fingerprint density at radius 3 is 2.42 bits per heavy atom. The topological polar surface area (TPSA) is 61.8 Å². The second kappa shape index (κ2) is 7.21. The van der Waals surface area contributed by atoms with Crippen LogP contribution in [0.3, 0.4) is 0 Å². The Kier molecular flexibility index (Phi) is 5.49. The van der Waals surface area contributed by atoms with Crippen LogP contribution in [0, 0.1) is 13.8 Å². The summed E-state index contributed by atoms with van der Waals surface area (Å²) in [5.41, 5.74) is 3.75. The molecule has 1 aromatic carbocycles. The highest BCUT2D eigenvalue weighted by atomic mass is 32.1. The number of thiocarbonyl (C=S) groups is 1. The Morgan fingerprint density at radius 2 is 1.92 bits per heavy atom. The van der Waals surface area contributed by atoms with Gasteiger partial charge in [-0.25, -0.2) is 4.79 Å². The predicted molar refractivity (Wildman–Crippen MR) is 97.8 cm³/mol. The van der Waals surface area contributed by atoms with Gasteiger partial charge in [0.1, 0.15) is 5.75 Å². The maximum Gasteiger partial charge on any atom is 0.337 e. The summed E-state index contributed by atoms with van der Waals surface area (Å²) < 4.78 is 5.00. The van der Waals surface area contributed by atoms with Crippen LogP contribution in [0.1, 0.15) is 43.0 Å². The molecular weight excluding hydrogens is 324 g/mol. The SMILES string of the molecule is CCCN1C(=S)NC(c2cc(C)c(O)c(C)c2)C(C(=O)OC)=C1C. The van der Waals surface area contributed by atoms with Gasteiger partial charge < -0.3 is 20.1 Å². The Balaban J connectivity index is 2.59. The fourth-order valence-electron chi connectivity index (χ4n) is 3.05. The highest BCUT2D eigenvalue weighted by molar-refractivity contribution is 7.80. The molecule has 1 aliphatic rings. The van der Waals surface area contributed by atoms with Gasteiger partial charge in [0.05, 0.1) is 18.7 Å². The van der Waals surface area contributed by atoms with E-state index in [0.29, 0.717) is 10.7 Å². The maximum atomic E-state index is 12.4. The van der Waals surface area contributed by atoms with Gasteiger partial charge in [-0.2, -0.15) is 0 Å². The van der Waals surface area contributed by atoms with Gasteiger partial charge in [-0.05, 0) is 68.2 Å². The molecule has 1 aromatic rings. The van der Waals surface area contributed by atoms with Crippen molar-refractivity contribution in [3.63, 3.8) is 0 Å². The summed E-state index contributed by atoms with van der Waals surface area (Å²) in [7, 11) is 1.38. The molecule has 6 heteroatoms. The van der Waals surface area contributed by atoms with E-state index in [1.807, 2.05) is 37.8 Å². The summed E-state index contributed by atoms with van der Waals surface area (Å²) in [6.45, 7) is 8.36. The second-order valence-corrected chi connectivity index (χ2v) is 6.41. The van der Waals surface area contributed by atoms with Crippen LogP contribution in [-0.2, 0) is 9.53 Å². The van der Waals surface area contributed by atoms with Crippen molar-refractivity contribution in [1.29, 1.82) is 0 Å². The first kappa shape index (κ1) is 18.3. The van der Waals surface area contributed by atoms with E-state index in [4.69, 9.17) is 17.0 Å². The number of nitrogens with zero attached hydrogens (tertiary/aromatic N) is 1. The summed E-state index contributed by atoms with van der Waals surface area (Å²) in [6, 6.07) is 3.35. The van der Waals surface area contributed by atoms with Crippen LogP contribution >= 0.6 is 12.2 Å². The summed E-state index contributed by atoms with van der Waals surface area (Å²) >= 11 is 5.49. The molecule has 24 heavy (non-hydrogen) atoms. The molecular formula is C18H24N2O3S. The first-order chi connectivity index (χ1) is 11.3. The van der Waals surface area contributed by atoms with E-state index in [1.165, 1.54) is 7.11 Å². The fraction of sp³-hybridized carbons (Fsp3) is 0.444. The molecule has 0 aromatic heterocycles. The first-order valence-corrected chi connectivity index (χ1v) is 8.39. The number of hydrogen-bond donors (Lipinski definition) is 2. The van der Waals surface area contributed by atoms with E-state index in [-0.39, 0.29) is 11.7 Å². The molecule has 1 atom stereocenters. The van der Waals surface area contributed by atoms with Gasteiger partial charge in [0, 0.05) is 12.2 Å². The number of carbonyl (C=O) groups excluding carboxylic acids is 1. The maximum absolute atomic E-state index is 12.4. The Hall–Kier alpha value is -2.08. The van der Waals surface area contributed by atoms with Crippen LogP contribution in [-0.4, -0.2) is 34.7 Å². The van der Waals surface area contributed by atoms with E-state index in [2.05, 4.69) is 12.2 Å². The van der Waals surface area contributed by atoms with Crippen molar-refractivity contribution in [3.8, 4) is 5.75 Å². The summed E-state index contributed by atoms with van der Waals surface area (Å²) in [5.74, 6) is -0.109. The van der Waals surface area contributed by atoms with Crippen molar-refractivity contribution >= 4 is 23.3 Å². The minimum atomic E-state index is -0.393. The smallest absolute Gasteiger partial charge is 0.337 e.